The number of aromatic nitrogens is 1. The predicted molar refractivity (Wildman–Crippen MR) is 145 cm³/mol. The van der Waals surface area contributed by atoms with Crippen molar-refractivity contribution in [3.8, 4) is 5.69 Å². The number of fused-ring (bicyclic) bond motifs is 1. The fraction of sp³-hybridized carbons (Fsp3) is 0.429. The summed E-state index contributed by atoms with van der Waals surface area (Å²) in [7, 11) is 0. The molecule has 1 amide bonds. The third kappa shape index (κ3) is 4.79. The molecule has 3 aliphatic rings. The van der Waals surface area contributed by atoms with Gasteiger partial charge in [0.15, 0.2) is 5.84 Å². The Morgan fingerprint density at radius 1 is 1.14 bits per heavy atom. The van der Waals surface area contributed by atoms with Crippen LogP contribution in [0.15, 0.2) is 46.0 Å². The third-order valence-electron chi connectivity index (χ3n) is 7.36. The minimum absolute atomic E-state index is 0.109. The van der Waals surface area contributed by atoms with Gasteiger partial charge < -0.3 is 4.57 Å². The number of hydrogen-bond acceptors (Lipinski definition) is 4. The van der Waals surface area contributed by atoms with Crippen LogP contribution in [0.4, 0.5) is 0 Å². The largest absolute Gasteiger partial charge is 0.318 e. The number of amidine groups is 2. The van der Waals surface area contributed by atoms with Crippen molar-refractivity contribution in [2.75, 3.05) is 0 Å². The zero-order valence-electron chi connectivity index (χ0n) is 20.8. The van der Waals surface area contributed by atoms with Crippen LogP contribution in [0.2, 0.25) is 0 Å². The topological polar surface area (TPSA) is 73.8 Å². The van der Waals surface area contributed by atoms with E-state index in [0.29, 0.717) is 5.17 Å². The maximum atomic E-state index is 12.9. The lowest BCUT2D eigenvalue weighted by Gasteiger charge is -2.20. The molecule has 1 fully saturated rings. The number of rotatable bonds is 6. The molecule has 0 spiro atoms. The van der Waals surface area contributed by atoms with Crippen molar-refractivity contribution in [3.63, 3.8) is 0 Å². The number of amides is 1. The maximum absolute atomic E-state index is 12.9. The summed E-state index contributed by atoms with van der Waals surface area (Å²) in [6.07, 6.45) is 11.5. The summed E-state index contributed by atoms with van der Waals surface area (Å²) >= 11 is 1.44. The first-order valence-electron chi connectivity index (χ1n) is 12.7. The van der Waals surface area contributed by atoms with E-state index in [1.165, 1.54) is 54.4 Å². The molecule has 7 heteroatoms. The molecule has 3 heterocycles. The van der Waals surface area contributed by atoms with E-state index in [0.717, 1.165) is 52.9 Å². The van der Waals surface area contributed by atoms with Crippen molar-refractivity contribution in [3.05, 3.63) is 58.4 Å². The highest BCUT2D eigenvalue weighted by atomic mass is 32.2. The van der Waals surface area contributed by atoms with Gasteiger partial charge in [-0.2, -0.15) is 15.1 Å². The van der Waals surface area contributed by atoms with Gasteiger partial charge >= 0.3 is 0 Å². The molecule has 0 radical (unpaired) electrons. The monoisotopic (exact) mass is 487 g/mol. The Labute approximate surface area is 211 Å². The van der Waals surface area contributed by atoms with Gasteiger partial charge in [0.25, 0.3) is 5.91 Å². The van der Waals surface area contributed by atoms with Crippen LogP contribution in [-0.2, 0) is 11.2 Å². The fourth-order valence-corrected chi connectivity index (χ4v) is 6.20. The number of carbonyl (C=O) groups is 1. The highest BCUT2D eigenvalue weighted by molar-refractivity contribution is 8.26. The molecule has 1 saturated carbocycles. The Balaban J connectivity index is 1.37. The molecule has 1 aromatic heterocycles. The maximum Gasteiger partial charge on any atom is 0.283 e. The van der Waals surface area contributed by atoms with E-state index < -0.39 is 0 Å². The second kappa shape index (κ2) is 9.97. The van der Waals surface area contributed by atoms with Gasteiger partial charge in [0.2, 0.25) is 5.17 Å². The summed E-state index contributed by atoms with van der Waals surface area (Å²) < 4.78 is 2.19. The number of aliphatic imine (C=N–C) groups is 1. The molecule has 1 aliphatic carbocycles. The van der Waals surface area contributed by atoms with Gasteiger partial charge in [0.05, 0.1) is 5.57 Å². The molecular formula is C28H33N5OS. The van der Waals surface area contributed by atoms with Crippen LogP contribution >= 0.6 is 11.8 Å². The molecule has 0 saturated heterocycles. The molecule has 5 rings (SSSR count). The molecule has 1 aromatic carbocycles. The van der Waals surface area contributed by atoms with Crippen molar-refractivity contribution in [2.45, 2.75) is 72.1 Å². The number of benzene rings is 1. The quantitative estimate of drug-likeness (QED) is 0.464. The van der Waals surface area contributed by atoms with Crippen molar-refractivity contribution < 1.29 is 4.79 Å². The van der Waals surface area contributed by atoms with Gasteiger partial charge in [-0.05, 0) is 86.2 Å². The molecule has 0 bridgehead atoms. The highest BCUT2D eigenvalue weighted by Gasteiger charge is 2.35. The zero-order chi connectivity index (χ0) is 24.5. The summed E-state index contributed by atoms with van der Waals surface area (Å²) in [6.45, 7) is 6.26. The lowest BCUT2D eigenvalue weighted by atomic mass is 9.86. The number of thioether (sulfide) groups is 1. The first-order valence-corrected chi connectivity index (χ1v) is 13.5. The summed E-state index contributed by atoms with van der Waals surface area (Å²) in [5.74, 6) is 0.517. The van der Waals surface area contributed by atoms with E-state index in [9.17, 15) is 4.79 Å². The van der Waals surface area contributed by atoms with Crippen LogP contribution in [0, 0.1) is 25.2 Å². The van der Waals surface area contributed by atoms with E-state index in [1.807, 2.05) is 6.92 Å². The van der Waals surface area contributed by atoms with E-state index >= 15 is 0 Å². The first kappa shape index (κ1) is 23.8. The molecule has 0 atom stereocenters. The number of nitrogens with zero attached hydrogens (tertiary/aromatic N) is 4. The van der Waals surface area contributed by atoms with Crippen LogP contribution in [0.3, 0.4) is 0 Å². The number of hydrogen-bond donors (Lipinski definition) is 1. The van der Waals surface area contributed by atoms with E-state index in [4.69, 9.17) is 5.41 Å². The Morgan fingerprint density at radius 2 is 1.89 bits per heavy atom. The lowest BCUT2D eigenvalue weighted by molar-refractivity contribution is -0.114. The van der Waals surface area contributed by atoms with Crippen molar-refractivity contribution in [1.82, 2.24) is 9.58 Å². The van der Waals surface area contributed by atoms with Crippen molar-refractivity contribution >= 4 is 39.8 Å². The summed E-state index contributed by atoms with van der Waals surface area (Å²) in [6, 6.07) is 10.6. The Hall–Kier alpha value is -2.93. The average molecular weight is 488 g/mol. The molecule has 6 nitrogen and oxygen atoms in total. The van der Waals surface area contributed by atoms with Gasteiger partial charge in [0.1, 0.15) is 5.04 Å². The molecular weight excluding hydrogens is 454 g/mol. The van der Waals surface area contributed by atoms with Gasteiger partial charge in [-0.15, -0.1) is 0 Å². The second-order valence-corrected chi connectivity index (χ2v) is 10.8. The van der Waals surface area contributed by atoms with Crippen LogP contribution in [0.25, 0.3) is 11.8 Å². The first-order chi connectivity index (χ1) is 16.9. The summed E-state index contributed by atoms with van der Waals surface area (Å²) in [4.78, 5) is 17.2. The Kier molecular flexibility index (Phi) is 6.78. The SMILES string of the molecule is CCc1ccc(-n2c(C)cc(/C=C3\C(=N)N4N=C(CCC5CCCCC5)SC4=NC3=O)c2C)cc1. The number of aryl methyl sites for hydroxylation is 2. The molecule has 35 heavy (non-hydrogen) atoms. The summed E-state index contributed by atoms with van der Waals surface area (Å²) in [5.41, 5.74) is 5.71. The third-order valence-corrected chi connectivity index (χ3v) is 8.33. The van der Waals surface area contributed by atoms with Crippen LogP contribution in [0.5, 0.6) is 0 Å². The van der Waals surface area contributed by atoms with Gasteiger partial charge in [0, 0.05) is 17.1 Å². The molecule has 182 valence electrons. The normalized spacial score (nSPS) is 19.9. The van der Waals surface area contributed by atoms with Gasteiger partial charge in [-0.1, -0.05) is 51.2 Å². The minimum Gasteiger partial charge on any atom is -0.318 e. The zero-order valence-corrected chi connectivity index (χ0v) is 21.6. The number of hydrazone groups is 1. The number of carbonyl (C=O) groups excluding carboxylic acids is 1. The van der Waals surface area contributed by atoms with Crippen molar-refractivity contribution in [2.24, 2.45) is 16.0 Å². The minimum atomic E-state index is -0.366. The van der Waals surface area contributed by atoms with Crippen molar-refractivity contribution in [1.29, 1.82) is 5.41 Å². The average Bonchev–Trinajstić information content (AvgIpc) is 3.40. The summed E-state index contributed by atoms with van der Waals surface area (Å²) in [5, 5.41) is 16.4. The Morgan fingerprint density at radius 3 is 2.60 bits per heavy atom. The number of nitrogens with one attached hydrogen (secondary N) is 1. The second-order valence-electron chi connectivity index (χ2n) is 9.74. The van der Waals surface area contributed by atoms with Crippen LogP contribution < -0.4 is 0 Å². The fourth-order valence-electron chi connectivity index (χ4n) is 5.30. The standard InChI is InChI=1S/C28H33N5OS/c1-4-20-10-13-23(14-11-20)32-18(2)16-22(19(32)3)17-24-26(29)33-28(30-27(24)34)35-25(31-33)15-12-21-8-6-5-7-9-21/h10-11,13-14,16-17,21,29H,4-9,12,15H2,1-3H3/b24-17+,29-26?. The van der Waals surface area contributed by atoms with Crippen LogP contribution in [0.1, 0.15) is 74.4 Å². The molecule has 2 aromatic rings. The van der Waals surface area contributed by atoms with E-state index in [1.54, 1.807) is 6.08 Å². The lowest BCUT2D eigenvalue weighted by Crippen LogP contribution is -2.35. The highest BCUT2D eigenvalue weighted by Crippen LogP contribution is 2.33. The van der Waals surface area contributed by atoms with Crippen LogP contribution in [-0.4, -0.2) is 31.5 Å². The molecule has 1 N–H and O–H groups in total. The predicted octanol–water partition coefficient (Wildman–Crippen LogP) is 6.64. The van der Waals surface area contributed by atoms with E-state index in [-0.39, 0.29) is 17.3 Å². The smallest absolute Gasteiger partial charge is 0.283 e. The molecule has 0 unspecified atom stereocenters. The van der Waals surface area contributed by atoms with Gasteiger partial charge in [-0.25, -0.2) is 0 Å². The van der Waals surface area contributed by atoms with Gasteiger partial charge in [-0.3, -0.25) is 10.2 Å². The van der Waals surface area contributed by atoms with E-state index in [2.05, 4.69) is 58.8 Å². The molecule has 2 aliphatic heterocycles. The Bertz CT molecular complexity index is 1240.